The Bertz CT molecular complexity index is 392. The van der Waals surface area contributed by atoms with Crippen LogP contribution in [-0.2, 0) is 0 Å². The Hall–Kier alpha value is -1.09. The summed E-state index contributed by atoms with van der Waals surface area (Å²) in [6, 6.07) is 1.99. The number of rotatable bonds is 0. The maximum absolute atomic E-state index is 5.70. The summed E-state index contributed by atoms with van der Waals surface area (Å²) >= 11 is 1.71. The van der Waals surface area contributed by atoms with Crippen LogP contribution >= 0.6 is 11.3 Å². The second kappa shape index (κ2) is 2.20. The van der Waals surface area contributed by atoms with Gasteiger partial charge >= 0.3 is 0 Å². The molecule has 0 aromatic carbocycles. The molecule has 0 saturated heterocycles. The summed E-state index contributed by atoms with van der Waals surface area (Å²) < 4.78 is 1.22. The predicted octanol–water partition coefficient (Wildman–Crippen LogP) is 2.19. The van der Waals surface area contributed by atoms with E-state index in [0.717, 1.165) is 5.39 Å². The zero-order valence-electron chi connectivity index (χ0n) is 6.16. The Morgan fingerprint density at radius 2 is 2.36 bits per heavy atom. The third kappa shape index (κ3) is 0.886. The number of nitrogen functional groups attached to an aromatic ring is 1. The van der Waals surface area contributed by atoms with E-state index >= 15 is 0 Å². The molecule has 0 amide bonds. The Morgan fingerprint density at radius 1 is 1.55 bits per heavy atom. The SMILES string of the molecule is Cc1csc2ccnc(N)c12. The number of aryl methyl sites for hydroxylation is 1. The van der Waals surface area contributed by atoms with Crippen molar-refractivity contribution in [3.8, 4) is 0 Å². The van der Waals surface area contributed by atoms with Gasteiger partial charge in [-0.1, -0.05) is 0 Å². The van der Waals surface area contributed by atoms with Gasteiger partial charge in [0.25, 0.3) is 0 Å². The van der Waals surface area contributed by atoms with Crippen molar-refractivity contribution in [1.29, 1.82) is 0 Å². The van der Waals surface area contributed by atoms with Crippen molar-refractivity contribution < 1.29 is 0 Å². The minimum atomic E-state index is 0.640. The van der Waals surface area contributed by atoms with Gasteiger partial charge < -0.3 is 5.73 Å². The molecule has 2 N–H and O–H groups in total. The van der Waals surface area contributed by atoms with E-state index in [1.54, 1.807) is 17.5 Å². The summed E-state index contributed by atoms with van der Waals surface area (Å²) in [5.74, 6) is 0.640. The average Bonchev–Trinajstić information content (AvgIpc) is 2.34. The molecule has 2 aromatic rings. The topological polar surface area (TPSA) is 38.9 Å². The molecule has 0 aliphatic rings. The Morgan fingerprint density at radius 3 is 3.09 bits per heavy atom. The third-order valence-corrected chi connectivity index (χ3v) is 2.76. The van der Waals surface area contributed by atoms with Gasteiger partial charge in [0.15, 0.2) is 0 Å². The molecule has 56 valence electrons. The van der Waals surface area contributed by atoms with Gasteiger partial charge in [-0.15, -0.1) is 11.3 Å². The lowest BCUT2D eigenvalue weighted by Gasteiger charge is -1.94. The van der Waals surface area contributed by atoms with Crippen molar-refractivity contribution in [2.75, 3.05) is 5.73 Å². The van der Waals surface area contributed by atoms with Crippen molar-refractivity contribution >= 4 is 27.2 Å². The number of pyridine rings is 1. The van der Waals surface area contributed by atoms with Crippen LogP contribution in [0.2, 0.25) is 0 Å². The van der Waals surface area contributed by atoms with Crippen LogP contribution in [-0.4, -0.2) is 4.98 Å². The first-order chi connectivity index (χ1) is 5.29. The molecule has 0 fully saturated rings. The highest BCUT2D eigenvalue weighted by molar-refractivity contribution is 7.17. The number of aromatic nitrogens is 1. The molecule has 2 rings (SSSR count). The normalized spacial score (nSPS) is 10.6. The molecule has 2 nitrogen and oxygen atoms in total. The zero-order chi connectivity index (χ0) is 7.84. The van der Waals surface area contributed by atoms with Crippen molar-refractivity contribution in [1.82, 2.24) is 4.98 Å². The van der Waals surface area contributed by atoms with Gasteiger partial charge in [-0.25, -0.2) is 4.98 Å². The van der Waals surface area contributed by atoms with Crippen molar-refractivity contribution in [2.45, 2.75) is 6.92 Å². The van der Waals surface area contributed by atoms with Gasteiger partial charge in [-0.2, -0.15) is 0 Å². The fraction of sp³-hybridized carbons (Fsp3) is 0.125. The number of fused-ring (bicyclic) bond motifs is 1. The van der Waals surface area contributed by atoms with E-state index in [-0.39, 0.29) is 0 Å². The number of hydrogen-bond donors (Lipinski definition) is 1. The molecule has 0 aliphatic heterocycles. The quantitative estimate of drug-likeness (QED) is 0.648. The maximum Gasteiger partial charge on any atom is 0.132 e. The minimum Gasteiger partial charge on any atom is -0.383 e. The Balaban J connectivity index is 2.96. The summed E-state index contributed by atoms with van der Waals surface area (Å²) in [7, 11) is 0. The molecule has 11 heavy (non-hydrogen) atoms. The first kappa shape index (κ1) is 6.61. The molecular formula is C8H8N2S. The number of nitrogens with zero attached hydrogens (tertiary/aromatic N) is 1. The van der Waals surface area contributed by atoms with E-state index in [1.165, 1.54) is 10.3 Å². The lowest BCUT2D eigenvalue weighted by Crippen LogP contribution is -1.89. The largest absolute Gasteiger partial charge is 0.383 e. The zero-order valence-corrected chi connectivity index (χ0v) is 6.98. The molecule has 2 aromatic heterocycles. The highest BCUT2D eigenvalue weighted by Gasteiger charge is 2.02. The van der Waals surface area contributed by atoms with Gasteiger partial charge in [0, 0.05) is 16.3 Å². The first-order valence-corrected chi connectivity index (χ1v) is 4.25. The molecule has 3 heteroatoms. The van der Waals surface area contributed by atoms with Crippen molar-refractivity contribution in [3.63, 3.8) is 0 Å². The second-order valence-electron chi connectivity index (χ2n) is 2.49. The lowest BCUT2D eigenvalue weighted by molar-refractivity contribution is 1.37. The van der Waals surface area contributed by atoms with E-state index < -0.39 is 0 Å². The summed E-state index contributed by atoms with van der Waals surface area (Å²) in [6.45, 7) is 2.05. The van der Waals surface area contributed by atoms with Gasteiger partial charge in [0.2, 0.25) is 0 Å². The van der Waals surface area contributed by atoms with Gasteiger partial charge in [0.1, 0.15) is 5.82 Å². The second-order valence-corrected chi connectivity index (χ2v) is 3.40. The van der Waals surface area contributed by atoms with Crippen LogP contribution in [0.25, 0.3) is 10.1 Å². The highest BCUT2D eigenvalue weighted by Crippen LogP contribution is 2.27. The van der Waals surface area contributed by atoms with Crippen LogP contribution in [0.3, 0.4) is 0 Å². The molecule has 0 atom stereocenters. The summed E-state index contributed by atoms with van der Waals surface area (Å²) in [6.07, 6.45) is 1.74. The molecule has 0 unspecified atom stereocenters. The maximum atomic E-state index is 5.70. The highest BCUT2D eigenvalue weighted by atomic mass is 32.1. The summed E-state index contributed by atoms with van der Waals surface area (Å²) in [5, 5.41) is 3.21. The molecular weight excluding hydrogens is 156 g/mol. The molecule has 0 aliphatic carbocycles. The molecule has 0 radical (unpaired) electrons. The van der Waals surface area contributed by atoms with Gasteiger partial charge in [-0.3, -0.25) is 0 Å². The number of hydrogen-bond acceptors (Lipinski definition) is 3. The molecule has 0 bridgehead atoms. The van der Waals surface area contributed by atoms with E-state index in [4.69, 9.17) is 5.73 Å². The molecule has 0 spiro atoms. The summed E-state index contributed by atoms with van der Waals surface area (Å²) in [5.41, 5.74) is 6.92. The Labute approximate surface area is 68.7 Å². The van der Waals surface area contributed by atoms with E-state index in [9.17, 15) is 0 Å². The van der Waals surface area contributed by atoms with Crippen LogP contribution in [0.5, 0.6) is 0 Å². The number of thiophene rings is 1. The van der Waals surface area contributed by atoms with E-state index in [2.05, 4.69) is 17.3 Å². The van der Waals surface area contributed by atoms with Crippen LogP contribution in [0, 0.1) is 6.92 Å². The van der Waals surface area contributed by atoms with Gasteiger partial charge in [-0.05, 0) is 23.9 Å². The molecule has 0 saturated carbocycles. The predicted molar refractivity (Wildman–Crippen MR) is 48.8 cm³/mol. The fourth-order valence-electron chi connectivity index (χ4n) is 1.16. The fourth-order valence-corrected chi connectivity index (χ4v) is 2.11. The lowest BCUT2D eigenvalue weighted by atomic mass is 10.2. The van der Waals surface area contributed by atoms with E-state index in [0.29, 0.717) is 5.82 Å². The first-order valence-electron chi connectivity index (χ1n) is 3.37. The van der Waals surface area contributed by atoms with Crippen LogP contribution in [0.4, 0.5) is 5.82 Å². The number of anilines is 1. The van der Waals surface area contributed by atoms with Crippen LogP contribution in [0.15, 0.2) is 17.6 Å². The van der Waals surface area contributed by atoms with Crippen molar-refractivity contribution in [3.05, 3.63) is 23.2 Å². The summed E-state index contributed by atoms with van der Waals surface area (Å²) in [4.78, 5) is 4.02. The van der Waals surface area contributed by atoms with Gasteiger partial charge in [0.05, 0.1) is 0 Å². The molecule has 2 heterocycles. The third-order valence-electron chi connectivity index (χ3n) is 1.70. The Kier molecular flexibility index (Phi) is 1.32. The monoisotopic (exact) mass is 164 g/mol. The standard InChI is InChI=1S/C8H8N2S/c1-5-4-11-6-2-3-10-8(9)7(5)6/h2-4H,1H3,(H2,9,10). The van der Waals surface area contributed by atoms with Crippen LogP contribution < -0.4 is 5.73 Å². The van der Waals surface area contributed by atoms with Crippen LogP contribution in [0.1, 0.15) is 5.56 Å². The van der Waals surface area contributed by atoms with Crippen molar-refractivity contribution in [2.24, 2.45) is 0 Å². The number of nitrogens with two attached hydrogens (primary N) is 1. The average molecular weight is 164 g/mol. The minimum absolute atomic E-state index is 0.640. The smallest absolute Gasteiger partial charge is 0.132 e. The van der Waals surface area contributed by atoms with E-state index in [1.807, 2.05) is 6.07 Å².